The number of hydrogen-bond donors (Lipinski definition) is 0. The predicted molar refractivity (Wildman–Crippen MR) is 93.5 cm³/mol. The Morgan fingerprint density at radius 2 is 1.96 bits per heavy atom. The topological polar surface area (TPSA) is 50.3 Å². The van der Waals surface area contributed by atoms with E-state index in [1.54, 1.807) is 11.3 Å². The zero-order valence-corrected chi connectivity index (χ0v) is 15.2. The van der Waals surface area contributed by atoms with Crippen molar-refractivity contribution in [3.8, 4) is 0 Å². The van der Waals surface area contributed by atoms with Gasteiger partial charge in [0.15, 0.2) is 9.84 Å². The van der Waals surface area contributed by atoms with Crippen molar-refractivity contribution in [2.45, 2.75) is 63.5 Å². The maximum atomic E-state index is 12.0. The van der Waals surface area contributed by atoms with Crippen LogP contribution in [-0.2, 0) is 16.4 Å². The normalized spacial score (nSPS) is 29.7. The first kappa shape index (κ1) is 16.0. The second-order valence-electron chi connectivity index (χ2n) is 7.49. The lowest BCUT2D eigenvalue weighted by Gasteiger charge is -2.35. The molecule has 1 atom stereocenters. The second-order valence-corrected chi connectivity index (χ2v) is 10.7. The van der Waals surface area contributed by atoms with E-state index in [1.807, 2.05) is 0 Å². The molecule has 2 saturated carbocycles. The quantitative estimate of drug-likeness (QED) is 0.833. The fourth-order valence-corrected chi connectivity index (χ4v) is 6.72. The summed E-state index contributed by atoms with van der Waals surface area (Å²) < 4.78 is 23.9. The van der Waals surface area contributed by atoms with E-state index >= 15 is 0 Å². The van der Waals surface area contributed by atoms with E-state index < -0.39 is 9.84 Å². The second kappa shape index (κ2) is 6.45. The monoisotopic (exact) mass is 354 g/mol. The zero-order chi connectivity index (χ0) is 15.9. The average Bonchev–Trinajstić information content (AvgIpc) is 3.29. The molecular weight excluding hydrogens is 328 g/mol. The molecular formula is C17H26N2O2S2. The Kier molecular flexibility index (Phi) is 4.50. The lowest BCUT2D eigenvalue weighted by Crippen LogP contribution is -2.49. The van der Waals surface area contributed by atoms with E-state index in [1.165, 1.54) is 55.6 Å². The van der Waals surface area contributed by atoms with Gasteiger partial charge in [-0.3, -0.25) is 4.90 Å². The van der Waals surface area contributed by atoms with E-state index in [2.05, 4.69) is 10.3 Å². The maximum Gasteiger partial charge on any atom is 0.153 e. The molecule has 0 radical (unpaired) electrons. The summed E-state index contributed by atoms with van der Waals surface area (Å²) in [7, 11) is -2.83. The van der Waals surface area contributed by atoms with Crippen LogP contribution in [0, 0.1) is 5.92 Å². The highest BCUT2D eigenvalue weighted by molar-refractivity contribution is 7.91. The molecule has 0 spiro atoms. The first-order chi connectivity index (χ1) is 11.1. The lowest BCUT2D eigenvalue weighted by atomic mass is 9.87. The summed E-state index contributed by atoms with van der Waals surface area (Å²) in [5.41, 5.74) is 1.29. The van der Waals surface area contributed by atoms with Crippen LogP contribution in [0.1, 0.15) is 61.6 Å². The van der Waals surface area contributed by atoms with Gasteiger partial charge in [0.1, 0.15) is 5.01 Å². The van der Waals surface area contributed by atoms with Crippen molar-refractivity contribution in [3.63, 3.8) is 0 Å². The SMILES string of the molecule is O=S1(=O)CCN(Cc2nc(C3CCCCC3)cs2)C(C2CC2)C1. The Balaban J connectivity index is 1.43. The van der Waals surface area contributed by atoms with Crippen LogP contribution in [0.3, 0.4) is 0 Å². The van der Waals surface area contributed by atoms with E-state index in [0.717, 1.165) is 6.54 Å². The summed E-state index contributed by atoms with van der Waals surface area (Å²) in [6.45, 7) is 1.52. The van der Waals surface area contributed by atoms with Crippen molar-refractivity contribution in [1.82, 2.24) is 9.88 Å². The Hall–Kier alpha value is -0.460. The van der Waals surface area contributed by atoms with Gasteiger partial charge in [-0.15, -0.1) is 11.3 Å². The van der Waals surface area contributed by atoms with Gasteiger partial charge in [-0.1, -0.05) is 19.3 Å². The Labute approximate surface area is 143 Å². The van der Waals surface area contributed by atoms with Crippen LogP contribution >= 0.6 is 11.3 Å². The van der Waals surface area contributed by atoms with Gasteiger partial charge in [-0.2, -0.15) is 0 Å². The fraction of sp³-hybridized carbons (Fsp3) is 0.824. The predicted octanol–water partition coefficient (Wildman–Crippen LogP) is 3.20. The van der Waals surface area contributed by atoms with Crippen molar-refractivity contribution in [1.29, 1.82) is 0 Å². The van der Waals surface area contributed by atoms with Crippen LogP contribution in [0.4, 0.5) is 0 Å². The molecule has 0 amide bonds. The summed E-state index contributed by atoms with van der Waals surface area (Å²) in [5.74, 6) is 1.94. The molecule has 4 nitrogen and oxygen atoms in total. The van der Waals surface area contributed by atoms with Crippen LogP contribution in [0.2, 0.25) is 0 Å². The number of nitrogens with zero attached hydrogens (tertiary/aromatic N) is 2. The molecule has 128 valence electrons. The Morgan fingerprint density at radius 1 is 1.17 bits per heavy atom. The molecule has 23 heavy (non-hydrogen) atoms. The van der Waals surface area contributed by atoms with Crippen LogP contribution in [-0.4, -0.2) is 42.4 Å². The molecule has 2 heterocycles. The van der Waals surface area contributed by atoms with Gasteiger partial charge in [0.2, 0.25) is 0 Å². The van der Waals surface area contributed by atoms with Crippen LogP contribution in [0.15, 0.2) is 5.38 Å². The average molecular weight is 355 g/mol. The third-order valence-corrected chi connectivity index (χ3v) is 8.19. The minimum atomic E-state index is -2.83. The van der Waals surface area contributed by atoms with Crippen molar-refractivity contribution < 1.29 is 8.42 Å². The molecule has 1 saturated heterocycles. The van der Waals surface area contributed by atoms with Gasteiger partial charge in [0.05, 0.1) is 23.7 Å². The highest BCUT2D eigenvalue weighted by Crippen LogP contribution is 2.38. The van der Waals surface area contributed by atoms with Crippen LogP contribution < -0.4 is 0 Å². The largest absolute Gasteiger partial charge is 0.291 e. The van der Waals surface area contributed by atoms with Crippen molar-refractivity contribution >= 4 is 21.2 Å². The van der Waals surface area contributed by atoms with E-state index in [4.69, 9.17) is 4.98 Å². The summed E-state index contributed by atoms with van der Waals surface area (Å²) in [4.78, 5) is 7.30. The van der Waals surface area contributed by atoms with Crippen molar-refractivity contribution in [2.75, 3.05) is 18.1 Å². The molecule has 6 heteroatoms. The molecule has 2 aliphatic carbocycles. The summed E-state index contributed by atoms with van der Waals surface area (Å²) >= 11 is 1.77. The third kappa shape index (κ3) is 3.80. The maximum absolute atomic E-state index is 12.0. The van der Waals surface area contributed by atoms with E-state index in [-0.39, 0.29) is 6.04 Å². The summed E-state index contributed by atoms with van der Waals surface area (Å²) in [5, 5.41) is 3.42. The zero-order valence-electron chi connectivity index (χ0n) is 13.6. The van der Waals surface area contributed by atoms with E-state index in [0.29, 0.717) is 29.9 Å². The van der Waals surface area contributed by atoms with Gasteiger partial charge in [0.25, 0.3) is 0 Å². The van der Waals surface area contributed by atoms with Gasteiger partial charge in [0, 0.05) is 23.9 Å². The summed E-state index contributed by atoms with van der Waals surface area (Å²) in [6.07, 6.45) is 9.02. The minimum absolute atomic E-state index is 0.232. The molecule has 4 rings (SSSR count). The number of sulfone groups is 1. The third-order valence-electron chi connectivity index (χ3n) is 5.68. The van der Waals surface area contributed by atoms with Crippen LogP contribution in [0.25, 0.3) is 0 Å². The number of thiazole rings is 1. The molecule has 3 aliphatic rings. The number of hydrogen-bond acceptors (Lipinski definition) is 5. The molecule has 0 N–H and O–H groups in total. The van der Waals surface area contributed by atoms with Gasteiger partial charge < -0.3 is 0 Å². The molecule has 0 bridgehead atoms. The molecule has 1 aromatic heterocycles. The highest BCUT2D eigenvalue weighted by Gasteiger charge is 2.41. The minimum Gasteiger partial charge on any atom is -0.291 e. The van der Waals surface area contributed by atoms with Crippen molar-refractivity contribution in [3.05, 3.63) is 16.1 Å². The smallest absolute Gasteiger partial charge is 0.153 e. The van der Waals surface area contributed by atoms with Crippen LogP contribution in [0.5, 0.6) is 0 Å². The molecule has 0 aromatic carbocycles. The Bertz CT molecular complexity index is 645. The first-order valence-corrected chi connectivity index (χ1v) is 11.7. The lowest BCUT2D eigenvalue weighted by molar-refractivity contribution is 0.184. The Morgan fingerprint density at radius 3 is 2.70 bits per heavy atom. The standard InChI is InChI=1S/C17H26N2O2S2/c20-23(21)9-8-19(16(12-23)14-6-7-14)10-17-18-15(11-22-17)13-4-2-1-3-5-13/h11,13-14,16H,1-10,12H2. The molecule has 1 unspecified atom stereocenters. The molecule has 1 aliphatic heterocycles. The molecule has 1 aromatic rings. The summed E-state index contributed by atoms with van der Waals surface area (Å²) in [6, 6.07) is 0.232. The van der Waals surface area contributed by atoms with Gasteiger partial charge in [-0.25, -0.2) is 13.4 Å². The first-order valence-electron chi connectivity index (χ1n) is 8.99. The van der Waals surface area contributed by atoms with Crippen molar-refractivity contribution in [2.24, 2.45) is 5.92 Å². The van der Waals surface area contributed by atoms with Gasteiger partial charge >= 0.3 is 0 Å². The van der Waals surface area contributed by atoms with Gasteiger partial charge in [-0.05, 0) is 31.6 Å². The molecule has 3 fully saturated rings. The number of rotatable bonds is 4. The highest BCUT2D eigenvalue weighted by atomic mass is 32.2. The van der Waals surface area contributed by atoms with E-state index in [9.17, 15) is 8.42 Å². The fourth-order valence-electron chi connectivity index (χ4n) is 4.14. The number of aromatic nitrogens is 1.